The average Bonchev–Trinajstić information content (AvgIpc) is 2.19. The van der Waals surface area contributed by atoms with Crippen molar-refractivity contribution in [2.75, 3.05) is 19.8 Å². The molecule has 16 heavy (non-hydrogen) atoms. The van der Waals surface area contributed by atoms with Crippen molar-refractivity contribution in [3.63, 3.8) is 0 Å². The summed E-state index contributed by atoms with van der Waals surface area (Å²) in [5, 5.41) is 13.7. The van der Waals surface area contributed by atoms with Crippen LogP contribution < -0.4 is 5.32 Å². The van der Waals surface area contributed by atoms with Crippen molar-refractivity contribution in [2.45, 2.75) is 19.4 Å². The Morgan fingerprint density at radius 2 is 2.19 bits per heavy atom. The fraction of sp³-hybridized carbons (Fsp3) is 0.500. The van der Waals surface area contributed by atoms with Crippen molar-refractivity contribution in [1.82, 2.24) is 5.32 Å². The van der Waals surface area contributed by atoms with Crippen LogP contribution in [-0.4, -0.2) is 30.5 Å². The molecule has 2 N–H and O–H groups in total. The highest BCUT2D eigenvalue weighted by molar-refractivity contribution is 8.06. The highest BCUT2D eigenvalue weighted by Crippen LogP contribution is 2.27. The van der Waals surface area contributed by atoms with E-state index in [-0.39, 0.29) is 0 Å². The number of nitrogens with one attached hydrogen (secondary N) is 1. The smallest absolute Gasteiger partial charge is 0.128 e. The molecule has 0 aliphatic carbocycles. The van der Waals surface area contributed by atoms with E-state index >= 15 is 0 Å². The van der Waals surface area contributed by atoms with Crippen LogP contribution in [0.4, 0.5) is 0 Å². The minimum atomic E-state index is -0.719. The summed E-state index contributed by atoms with van der Waals surface area (Å²) < 4.78 is 4.96. The number of ether oxygens (including phenoxy) is 1. The molecule has 0 aromatic carbocycles. The highest BCUT2D eigenvalue weighted by atomic mass is 32.2. The molecule has 0 amide bonds. The van der Waals surface area contributed by atoms with E-state index in [2.05, 4.69) is 18.5 Å². The molecule has 1 aliphatic heterocycles. The minimum Gasteiger partial charge on any atom is -0.383 e. The van der Waals surface area contributed by atoms with E-state index in [4.69, 9.17) is 4.74 Å². The van der Waals surface area contributed by atoms with Gasteiger partial charge in [-0.3, -0.25) is 0 Å². The second kappa shape index (κ2) is 5.57. The maximum atomic E-state index is 9.79. The van der Waals surface area contributed by atoms with Gasteiger partial charge in [-0.25, -0.2) is 0 Å². The number of hydrogen-bond donors (Lipinski definition) is 2. The number of rotatable bonds is 6. The third-order valence-electron chi connectivity index (χ3n) is 2.27. The Morgan fingerprint density at radius 1 is 1.56 bits per heavy atom. The Kier molecular flexibility index (Phi) is 4.65. The Hall–Kier alpha value is -0.710. The first-order valence-corrected chi connectivity index (χ1v) is 6.01. The first-order chi connectivity index (χ1) is 7.47. The van der Waals surface area contributed by atoms with Crippen LogP contribution >= 0.6 is 11.8 Å². The van der Waals surface area contributed by atoms with Gasteiger partial charge in [0.25, 0.3) is 0 Å². The predicted octanol–water partition coefficient (Wildman–Crippen LogP) is 2.02. The molecule has 4 heteroatoms. The first-order valence-electron chi connectivity index (χ1n) is 5.20. The Morgan fingerprint density at radius 3 is 2.56 bits per heavy atom. The Balaban J connectivity index is 2.33. The van der Waals surface area contributed by atoms with Crippen molar-refractivity contribution in [1.29, 1.82) is 0 Å². The molecule has 1 aliphatic rings. The molecule has 0 spiro atoms. The highest BCUT2D eigenvalue weighted by Gasteiger charge is 2.35. The standard InChI is InChI=1S/C12H19NO2S/c1-5-11(9(2)3)16-10(4)13-6-12(14)7-15-8-12/h5,13-14H,2,4,6-8H2,1,3H3/b11-5+. The summed E-state index contributed by atoms with van der Waals surface area (Å²) in [5.41, 5.74) is 0.296. The van der Waals surface area contributed by atoms with E-state index in [0.29, 0.717) is 19.8 Å². The van der Waals surface area contributed by atoms with Gasteiger partial charge in [0.15, 0.2) is 0 Å². The molecular weight excluding hydrogens is 222 g/mol. The maximum absolute atomic E-state index is 9.79. The van der Waals surface area contributed by atoms with Crippen molar-refractivity contribution < 1.29 is 9.84 Å². The largest absolute Gasteiger partial charge is 0.383 e. The molecule has 0 bridgehead atoms. The average molecular weight is 241 g/mol. The molecule has 0 aromatic heterocycles. The van der Waals surface area contributed by atoms with Crippen LogP contribution in [0.5, 0.6) is 0 Å². The van der Waals surface area contributed by atoms with Gasteiger partial charge in [-0.1, -0.05) is 31.0 Å². The quantitative estimate of drug-likeness (QED) is 0.698. The second-order valence-corrected chi connectivity index (χ2v) is 5.17. The molecule has 1 saturated heterocycles. The predicted molar refractivity (Wildman–Crippen MR) is 69.1 cm³/mol. The first kappa shape index (κ1) is 13.4. The fourth-order valence-electron chi connectivity index (χ4n) is 1.26. The van der Waals surface area contributed by atoms with Crippen LogP contribution in [0.3, 0.4) is 0 Å². The molecule has 0 radical (unpaired) electrons. The zero-order valence-electron chi connectivity index (χ0n) is 9.88. The normalized spacial score (nSPS) is 18.8. The van der Waals surface area contributed by atoms with Gasteiger partial charge < -0.3 is 15.2 Å². The lowest BCUT2D eigenvalue weighted by atomic mass is 10.0. The lowest BCUT2D eigenvalue weighted by Crippen LogP contribution is -2.55. The molecule has 3 nitrogen and oxygen atoms in total. The van der Waals surface area contributed by atoms with Gasteiger partial charge in [0.2, 0.25) is 0 Å². The molecule has 0 aromatic rings. The zero-order chi connectivity index (χ0) is 12.2. The van der Waals surface area contributed by atoms with E-state index in [1.807, 2.05) is 19.9 Å². The van der Waals surface area contributed by atoms with Crippen LogP contribution in [0, 0.1) is 0 Å². The van der Waals surface area contributed by atoms with Crippen molar-refractivity contribution >= 4 is 11.8 Å². The summed E-state index contributed by atoms with van der Waals surface area (Å²) in [7, 11) is 0. The summed E-state index contributed by atoms with van der Waals surface area (Å²) in [6, 6.07) is 0. The third-order valence-corrected chi connectivity index (χ3v) is 3.47. The number of aliphatic hydroxyl groups is 1. The van der Waals surface area contributed by atoms with Crippen LogP contribution in [-0.2, 0) is 4.74 Å². The van der Waals surface area contributed by atoms with Gasteiger partial charge in [0.05, 0.1) is 18.2 Å². The second-order valence-electron chi connectivity index (χ2n) is 4.03. The van der Waals surface area contributed by atoms with E-state index in [1.165, 1.54) is 11.8 Å². The summed E-state index contributed by atoms with van der Waals surface area (Å²) in [4.78, 5) is 1.09. The topological polar surface area (TPSA) is 41.5 Å². The van der Waals surface area contributed by atoms with Gasteiger partial charge >= 0.3 is 0 Å². The van der Waals surface area contributed by atoms with E-state index in [0.717, 1.165) is 15.5 Å². The van der Waals surface area contributed by atoms with Gasteiger partial charge in [0, 0.05) is 11.4 Å². The van der Waals surface area contributed by atoms with Crippen LogP contribution in [0.2, 0.25) is 0 Å². The molecule has 90 valence electrons. The Labute approximate surface area is 101 Å². The van der Waals surface area contributed by atoms with Gasteiger partial charge in [0.1, 0.15) is 5.60 Å². The fourth-order valence-corrected chi connectivity index (χ4v) is 1.97. The number of allylic oxidation sites excluding steroid dienone is 2. The van der Waals surface area contributed by atoms with Crippen molar-refractivity contribution in [3.05, 3.63) is 34.7 Å². The Bertz CT molecular complexity index is 319. The summed E-state index contributed by atoms with van der Waals surface area (Å²) in [6.45, 7) is 13.0. The lowest BCUT2D eigenvalue weighted by Gasteiger charge is -2.36. The van der Waals surface area contributed by atoms with E-state index < -0.39 is 5.60 Å². The van der Waals surface area contributed by atoms with Crippen LogP contribution in [0.25, 0.3) is 0 Å². The summed E-state index contributed by atoms with van der Waals surface area (Å²) >= 11 is 1.53. The molecular formula is C12H19NO2S. The van der Waals surface area contributed by atoms with Crippen molar-refractivity contribution in [2.24, 2.45) is 0 Å². The zero-order valence-corrected chi connectivity index (χ0v) is 10.7. The number of thioether (sulfide) groups is 1. The molecule has 0 atom stereocenters. The molecule has 1 rings (SSSR count). The summed E-state index contributed by atoms with van der Waals surface area (Å²) in [6.07, 6.45) is 2.00. The van der Waals surface area contributed by atoms with Crippen LogP contribution in [0.15, 0.2) is 34.7 Å². The third kappa shape index (κ3) is 3.70. The van der Waals surface area contributed by atoms with E-state index in [9.17, 15) is 5.11 Å². The van der Waals surface area contributed by atoms with Gasteiger partial charge in [-0.15, -0.1) is 0 Å². The van der Waals surface area contributed by atoms with Gasteiger partial charge in [-0.2, -0.15) is 0 Å². The molecule has 1 heterocycles. The van der Waals surface area contributed by atoms with Crippen molar-refractivity contribution in [3.8, 4) is 0 Å². The summed E-state index contributed by atoms with van der Waals surface area (Å²) in [5.74, 6) is 0. The molecule has 1 fully saturated rings. The molecule has 0 unspecified atom stereocenters. The van der Waals surface area contributed by atoms with Gasteiger partial charge in [-0.05, 0) is 19.4 Å². The van der Waals surface area contributed by atoms with Crippen LogP contribution in [0.1, 0.15) is 13.8 Å². The minimum absolute atomic E-state index is 0.398. The van der Waals surface area contributed by atoms with E-state index in [1.54, 1.807) is 0 Å². The SMILES string of the molecule is C=C(NCC1(O)COC1)S/C(=C/C)C(=C)C. The number of hydrogen-bond acceptors (Lipinski definition) is 4. The lowest BCUT2D eigenvalue weighted by molar-refractivity contribution is -0.173. The molecule has 0 saturated carbocycles. The monoisotopic (exact) mass is 241 g/mol. The maximum Gasteiger partial charge on any atom is 0.128 e.